The second-order valence-corrected chi connectivity index (χ2v) is 9.47. The Balaban J connectivity index is 1.76. The summed E-state index contributed by atoms with van der Waals surface area (Å²) in [5.74, 6) is 0.669. The fourth-order valence-electron chi connectivity index (χ4n) is 5.16. The van der Waals surface area contributed by atoms with Gasteiger partial charge in [-0.2, -0.15) is 0 Å². The number of unbranched alkanes of at least 4 members (excludes halogenated alkanes) is 7. The monoisotopic (exact) mass is 444 g/mol. The summed E-state index contributed by atoms with van der Waals surface area (Å²) in [6.45, 7) is 4.25. The van der Waals surface area contributed by atoms with E-state index in [0.717, 1.165) is 38.5 Å². The molecular weight excluding hydrogens is 400 g/mol. The van der Waals surface area contributed by atoms with Crippen LogP contribution in [0.15, 0.2) is 30.3 Å². The number of aliphatic hydroxyl groups is 1. The van der Waals surface area contributed by atoms with Gasteiger partial charge in [0.1, 0.15) is 5.78 Å². The van der Waals surface area contributed by atoms with Crippen LogP contribution in [-0.4, -0.2) is 23.5 Å². The Morgan fingerprint density at radius 2 is 1.62 bits per heavy atom. The molecule has 2 rings (SSSR count). The van der Waals surface area contributed by atoms with E-state index < -0.39 is 11.6 Å². The lowest BCUT2D eigenvalue weighted by molar-refractivity contribution is -0.167. The third kappa shape index (κ3) is 8.03. The summed E-state index contributed by atoms with van der Waals surface area (Å²) < 4.78 is 5.16. The molecule has 0 aliphatic heterocycles. The predicted molar refractivity (Wildman–Crippen MR) is 129 cm³/mol. The Hall–Kier alpha value is -1.68. The molecular formula is C28H44O4. The molecule has 1 saturated carbocycles. The van der Waals surface area contributed by atoms with Crippen molar-refractivity contribution in [1.29, 1.82) is 0 Å². The first-order valence-corrected chi connectivity index (χ1v) is 13.0. The summed E-state index contributed by atoms with van der Waals surface area (Å²) in [7, 11) is 0. The molecule has 1 aromatic carbocycles. The van der Waals surface area contributed by atoms with Crippen molar-refractivity contribution in [2.24, 2.45) is 11.8 Å². The lowest BCUT2D eigenvalue weighted by Crippen LogP contribution is -2.37. The van der Waals surface area contributed by atoms with Gasteiger partial charge in [0.2, 0.25) is 0 Å². The maximum Gasteiger partial charge on any atom is 0.342 e. The molecule has 0 aromatic heterocycles. The minimum absolute atomic E-state index is 0.226. The Morgan fingerprint density at radius 1 is 0.969 bits per heavy atom. The third-order valence-corrected chi connectivity index (χ3v) is 7.09. The average molecular weight is 445 g/mol. The molecule has 32 heavy (non-hydrogen) atoms. The topological polar surface area (TPSA) is 63.6 Å². The van der Waals surface area contributed by atoms with Crippen molar-refractivity contribution in [1.82, 2.24) is 0 Å². The van der Waals surface area contributed by atoms with Crippen LogP contribution in [0.5, 0.6) is 0 Å². The largest absolute Gasteiger partial charge is 0.464 e. The van der Waals surface area contributed by atoms with E-state index in [4.69, 9.17) is 4.74 Å². The normalized spacial score (nSPS) is 20.3. The molecule has 3 atom stereocenters. The lowest BCUT2D eigenvalue weighted by atomic mass is 9.85. The zero-order chi connectivity index (χ0) is 23.2. The highest BCUT2D eigenvalue weighted by molar-refractivity contribution is 5.83. The van der Waals surface area contributed by atoms with Gasteiger partial charge in [-0.05, 0) is 50.5 Å². The van der Waals surface area contributed by atoms with Crippen molar-refractivity contribution in [2.75, 3.05) is 6.61 Å². The van der Waals surface area contributed by atoms with Gasteiger partial charge in [-0.15, -0.1) is 0 Å². The van der Waals surface area contributed by atoms with Crippen molar-refractivity contribution >= 4 is 11.8 Å². The SMILES string of the molecule is CCCCCCCC[C@H]1CCC(=O)[C@@H]1CCCCCC(O)(C(=O)OCC)c1ccccc1. The van der Waals surface area contributed by atoms with E-state index in [0.29, 0.717) is 23.7 Å². The number of Topliss-reactive ketones (excluding diaryl/α,β-unsaturated/α-hetero) is 1. The van der Waals surface area contributed by atoms with E-state index in [1.54, 1.807) is 19.1 Å². The van der Waals surface area contributed by atoms with E-state index in [1.807, 2.05) is 18.2 Å². The summed E-state index contributed by atoms with van der Waals surface area (Å²) in [4.78, 5) is 24.9. The summed E-state index contributed by atoms with van der Waals surface area (Å²) >= 11 is 0. The molecule has 4 nitrogen and oxygen atoms in total. The fraction of sp³-hybridized carbons (Fsp3) is 0.714. The number of carbonyl (C=O) groups is 2. The van der Waals surface area contributed by atoms with Gasteiger partial charge < -0.3 is 9.84 Å². The number of hydrogen-bond donors (Lipinski definition) is 1. The molecule has 1 N–H and O–H groups in total. The molecule has 0 bridgehead atoms. The molecule has 0 saturated heterocycles. The molecule has 0 amide bonds. The molecule has 1 aliphatic carbocycles. The van der Waals surface area contributed by atoms with Crippen molar-refractivity contribution < 1.29 is 19.4 Å². The summed E-state index contributed by atoms with van der Waals surface area (Å²) in [6.07, 6.45) is 14.7. The Kier molecular flexibility index (Phi) is 12.0. The van der Waals surface area contributed by atoms with Crippen LogP contribution in [0.3, 0.4) is 0 Å². The maximum atomic E-state index is 12.5. The van der Waals surface area contributed by atoms with E-state index in [9.17, 15) is 14.7 Å². The number of ether oxygens (including phenoxy) is 1. The van der Waals surface area contributed by atoms with Gasteiger partial charge in [-0.25, -0.2) is 4.79 Å². The summed E-state index contributed by atoms with van der Waals surface area (Å²) in [5, 5.41) is 11.1. The first-order valence-electron chi connectivity index (χ1n) is 13.0. The standard InChI is InChI=1S/C28H44O4/c1-3-5-6-7-8-11-16-23-20-21-26(29)25(23)19-14-10-15-22-28(31,27(30)32-4-2)24-17-12-9-13-18-24/h9,12-13,17-18,23,25,31H,3-8,10-11,14-16,19-22H2,1-2H3/t23-,25+,28?/m0/s1. The third-order valence-electron chi connectivity index (χ3n) is 7.09. The van der Waals surface area contributed by atoms with E-state index in [2.05, 4.69) is 6.92 Å². The Bertz CT molecular complexity index is 671. The van der Waals surface area contributed by atoms with Crippen LogP contribution >= 0.6 is 0 Å². The Morgan fingerprint density at radius 3 is 2.34 bits per heavy atom. The van der Waals surface area contributed by atoms with Gasteiger partial charge in [0.05, 0.1) is 6.61 Å². The van der Waals surface area contributed by atoms with Gasteiger partial charge in [-0.1, -0.05) is 88.6 Å². The molecule has 0 radical (unpaired) electrons. The number of hydrogen-bond acceptors (Lipinski definition) is 4. The van der Waals surface area contributed by atoms with Gasteiger partial charge in [-0.3, -0.25) is 4.79 Å². The minimum atomic E-state index is -1.60. The lowest BCUT2D eigenvalue weighted by Gasteiger charge is -2.26. The number of carbonyl (C=O) groups excluding carboxylic acids is 2. The van der Waals surface area contributed by atoms with E-state index >= 15 is 0 Å². The molecule has 1 fully saturated rings. The smallest absolute Gasteiger partial charge is 0.342 e. The van der Waals surface area contributed by atoms with Crippen LogP contribution < -0.4 is 0 Å². The highest BCUT2D eigenvalue weighted by Gasteiger charge is 2.39. The number of esters is 1. The first kappa shape index (κ1) is 26.6. The highest BCUT2D eigenvalue weighted by atomic mass is 16.5. The quantitative estimate of drug-likeness (QED) is 0.227. The zero-order valence-electron chi connectivity index (χ0n) is 20.3. The zero-order valence-corrected chi connectivity index (χ0v) is 20.3. The van der Waals surface area contributed by atoms with Crippen LogP contribution in [0, 0.1) is 11.8 Å². The van der Waals surface area contributed by atoms with Crippen molar-refractivity contribution in [2.45, 2.75) is 109 Å². The van der Waals surface area contributed by atoms with Crippen molar-refractivity contribution in [3.8, 4) is 0 Å². The van der Waals surface area contributed by atoms with Gasteiger partial charge in [0, 0.05) is 12.3 Å². The van der Waals surface area contributed by atoms with Crippen LogP contribution in [0.25, 0.3) is 0 Å². The minimum Gasteiger partial charge on any atom is -0.464 e. The molecule has 4 heteroatoms. The second kappa shape index (κ2) is 14.5. The molecule has 1 aliphatic rings. The highest BCUT2D eigenvalue weighted by Crippen LogP contribution is 2.37. The van der Waals surface area contributed by atoms with Crippen molar-refractivity contribution in [3.63, 3.8) is 0 Å². The van der Waals surface area contributed by atoms with Crippen LogP contribution in [0.1, 0.15) is 109 Å². The summed E-state index contributed by atoms with van der Waals surface area (Å²) in [5.41, 5.74) is -1.01. The van der Waals surface area contributed by atoms with E-state index in [-0.39, 0.29) is 12.5 Å². The van der Waals surface area contributed by atoms with Crippen LogP contribution in [0.4, 0.5) is 0 Å². The van der Waals surface area contributed by atoms with Crippen LogP contribution in [-0.2, 0) is 19.9 Å². The molecule has 0 spiro atoms. The molecule has 0 heterocycles. The van der Waals surface area contributed by atoms with Gasteiger partial charge in [0.25, 0.3) is 0 Å². The molecule has 180 valence electrons. The number of ketones is 1. The van der Waals surface area contributed by atoms with Gasteiger partial charge in [0.15, 0.2) is 5.60 Å². The number of benzene rings is 1. The first-order chi connectivity index (χ1) is 15.5. The predicted octanol–water partition coefficient (Wildman–Crippen LogP) is 6.73. The number of rotatable bonds is 16. The molecule has 1 unspecified atom stereocenters. The van der Waals surface area contributed by atoms with Gasteiger partial charge >= 0.3 is 5.97 Å². The van der Waals surface area contributed by atoms with Crippen LogP contribution in [0.2, 0.25) is 0 Å². The van der Waals surface area contributed by atoms with Crippen molar-refractivity contribution in [3.05, 3.63) is 35.9 Å². The average Bonchev–Trinajstić information content (AvgIpc) is 3.15. The molecule has 1 aromatic rings. The fourth-order valence-corrected chi connectivity index (χ4v) is 5.16. The van der Waals surface area contributed by atoms with E-state index in [1.165, 1.54) is 44.9 Å². The summed E-state index contributed by atoms with van der Waals surface area (Å²) in [6, 6.07) is 9.08. The second-order valence-electron chi connectivity index (χ2n) is 9.47. The maximum absolute atomic E-state index is 12.5. The Labute approximate surface area is 195 Å².